The quantitative estimate of drug-likeness (QED) is 0.647. The van der Waals surface area contributed by atoms with Crippen LogP contribution in [0.3, 0.4) is 0 Å². The fourth-order valence-electron chi connectivity index (χ4n) is 0.876. The van der Waals surface area contributed by atoms with Gasteiger partial charge in [0.1, 0.15) is 0 Å². The summed E-state index contributed by atoms with van der Waals surface area (Å²) in [7, 11) is 0. The molecule has 0 bridgehead atoms. The van der Waals surface area contributed by atoms with Crippen molar-refractivity contribution in [1.82, 2.24) is 0 Å². The highest BCUT2D eigenvalue weighted by molar-refractivity contribution is 9.10. The molecule has 0 aliphatic rings. The molecule has 1 aromatic carbocycles. The third-order valence-electron chi connectivity index (χ3n) is 1.54. The van der Waals surface area contributed by atoms with Crippen molar-refractivity contribution in [2.24, 2.45) is 0 Å². The molecular formula is C8H6BrClF2O. The lowest BCUT2D eigenvalue weighted by Gasteiger charge is -2.09. The topological polar surface area (TPSA) is 20.2 Å². The van der Waals surface area contributed by atoms with Crippen LogP contribution >= 0.6 is 27.5 Å². The Labute approximate surface area is 87.5 Å². The fraction of sp³-hybridized carbons (Fsp3) is 0.250. The van der Waals surface area contributed by atoms with Gasteiger partial charge in [-0.1, -0.05) is 15.9 Å². The van der Waals surface area contributed by atoms with Gasteiger partial charge in [-0.2, -0.15) is 0 Å². The molecule has 0 saturated heterocycles. The Bertz CT molecular complexity index is 319. The summed E-state index contributed by atoms with van der Waals surface area (Å²) >= 11 is 8.36. The summed E-state index contributed by atoms with van der Waals surface area (Å²) in [5.41, 5.74) is 0.244. The zero-order chi connectivity index (χ0) is 10.0. The van der Waals surface area contributed by atoms with Gasteiger partial charge in [0.15, 0.2) is 11.6 Å². The van der Waals surface area contributed by atoms with E-state index < -0.39 is 17.7 Å². The maximum Gasteiger partial charge on any atom is 0.159 e. The number of alkyl halides is 1. The first-order valence-corrected chi connectivity index (χ1v) is 4.77. The molecule has 0 radical (unpaired) electrons. The summed E-state index contributed by atoms with van der Waals surface area (Å²) in [6.45, 7) is 0. The highest BCUT2D eigenvalue weighted by Crippen LogP contribution is 2.26. The van der Waals surface area contributed by atoms with E-state index in [1.165, 1.54) is 0 Å². The fourth-order valence-corrected chi connectivity index (χ4v) is 1.62. The molecule has 0 aliphatic heterocycles. The second-order valence-corrected chi connectivity index (χ2v) is 3.62. The first kappa shape index (κ1) is 10.9. The molecule has 0 heterocycles. The smallest absolute Gasteiger partial charge is 0.159 e. The van der Waals surface area contributed by atoms with Gasteiger partial charge < -0.3 is 5.11 Å². The summed E-state index contributed by atoms with van der Waals surface area (Å²) < 4.78 is 25.6. The minimum atomic E-state index is -0.998. The highest BCUT2D eigenvalue weighted by atomic mass is 79.9. The van der Waals surface area contributed by atoms with E-state index in [9.17, 15) is 13.9 Å². The van der Waals surface area contributed by atoms with E-state index in [1.807, 2.05) is 0 Å². The van der Waals surface area contributed by atoms with E-state index in [0.29, 0.717) is 4.47 Å². The predicted molar refractivity (Wildman–Crippen MR) is 49.7 cm³/mol. The number of hydrogen-bond donors (Lipinski definition) is 1. The predicted octanol–water partition coefficient (Wildman–Crippen LogP) is 3.00. The van der Waals surface area contributed by atoms with Crippen LogP contribution in [0.4, 0.5) is 8.78 Å². The molecule has 0 saturated carbocycles. The molecular weight excluding hydrogens is 265 g/mol. The third kappa shape index (κ3) is 2.39. The molecule has 0 aromatic heterocycles. The van der Waals surface area contributed by atoms with E-state index in [4.69, 9.17) is 11.6 Å². The summed E-state index contributed by atoms with van der Waals surface area (Å²) in [6, 6.07) is 1.88. The van der Waals surface area contributed by atoms with Gasteiger partial charge in [-0.05, 0) is 17.7 Å². The maximum atomic E-state index is 12.7. The van der Waals surface area contributed by atoms with E-state index in [1.54, 1.807) is 0 Å². The van der Waals surface area contributed by atoms with Crippen molar-refractivity contribution in [2.75, 3.05) is 5.88 Å². The molecule has 0 aliphatic carbocycles. The average molecular weight is 271 g/mol. The summed E-state index contributed by atoms with van der Waals surface area (Å²) in [4.78, 5) is 0. The molecule has 0 unspecified atom stereocenters. The van der Waals surface area contributed by atoms with Crippen molar-refractivity contribution >= 4 is 27.5 Å². The summed E-state index contributed by atoms with van der Waals surface area (Å²) in [5.74, 6) is -2.02. The molecule has 0 spiro atoms. The summed E-state index contributed by atoms with van der Waals surface area (Å²) in [6.07, 6.45) is -0.994. The number of benzene rings is 1. The molecule has 5 heteroatoms. The van der Waals surface area contributed by atoms with Crippen LogP contribution in [-0.2, 0) is 0 Å². The molecule has 1 nitrogen and oxygen atoms in total. The summed E-state index contributed by atoms with van der Waals surface area (Å²) in [5, 5.41) is 9.27. The van der Waals surface area contributed by atoms with Crippen molar-refractivity contribution in [1.29, 1.82) is 0 Å². The highest BCUT2D eigenvalue weighted by Gasteiger charge is 2.14. The monoisotopic (exact) mass is 270 g/mol. The van der Waals surface area contributed by atoms with Crippen molar-refractivity contribution in [3.05, 3.63) is 33.8 Å². The standard InChI is InChI=1S/C8H6BrClF2O/c9-5-2-7(12)6(11)1-4(5)8(13)3-10/h1-2,8,13H,3H2/t8-/m1/s1. The largest absolute Gasteiger partial charge is 0.387 e. The number of rotatable bonds is 2. The minimum absolute atomic E-state index is 0.0658. The van der Waals surface area contributed by atoms with Crippen molar-refractivity contribution < 1.29 is 13.9 Å². The number of halogens is 4. The number of aliphatic hydroxyl groups excluding tert-OH is 1. The molecule has 0 fully saturated rings. The first-order valence-electron chi connectivity index (χ1n) is 3.44. The van der Waals surface area contributed by atoms with Gasteiger partial charge in [0.2, 0.25) is 0 Å². The lowest BCUT2D eigenvalue weighted by atomic mass is 10.1. The zero-order valence-corrected chi connectivity index (χ0v) is 8.74. The van der Waals surface area contributed by atoms with Crippen molar-refractivity contribution in [3.8, 4) is 0 Å². The molecule has 1 aromatic rings. The van der Waals surface area contributed by atoms with Crippen LogP contribution in [0.25, 0.3) is 0 Å². The Hall–Kier alpha value is -0.190. The minimum Gasteiger partial charge on any atom is -0.387 e. The van der Waals surface area contributed by atoms with Crippen LogP contribution in [0.15, 0.2) is 16.6 Å². The Morgan fingerprint density at radius 3 is 2.46 bits per heavy atom. The van der Waals surface area contributed by atoms with E-state index in [0.717, 1.165) is 12.1 Å². The average Bonchev–Trinajstić information content (AvgIpc) is 2.10. The van der Waals surface area contributed by atoms with Gasteiger partial charge in [-0.3, -0.25) is 0 Å². The van der Waals surface area contributed by atoms with Crippen molar-refractivity contribution in [3.63, 3.8) is 0 Å². The SMILES string of the molecule is O[C@H](CCl)c1cc(F)c(F)cc1Br. The first-order chi connectivity index (χ1) is 6.06. The maximum absolute atomic E-state index is 12.7. The Kier molecular flexibility index (Phi) is 3.64. The second-order valence-electron chi connectivity index (χ2n) is 2.46. The van der Waals surface area contributed by atoms with Crippen LogP contribution in [0, 0.1) is 11.6 Å². The van der Waals surface area contributed by atoms with Gasteiger partial charge in [0.25, 0.3) is 0 Å². The molecule has 1 rings (SSSR count). The Morgan fingerprint density at radius 2 is 1.92 bits per heavy atom. The normalized spacial score (nSPS) is 13.0. The van der Waals surface area contributed by atoms with Gasteiger partial charge in [-0.15, -0.1) is 11.6 Å². The van der Waals surface area contributed by atoms with Crippen LogP contribution in [0.1, 0.15) is 11.7 Å². The molecule has 1 atom stereocenters. The van der Waals surface area contributed by atoms with Crippen molar-refractivity contribution in [2.45, 2.75) is 6.10 Å². The Balaban J connectivity index is 3.15. The molecule has 72 valence electrons. The van der Waals surface area contributed by atoms with Gasteiger partial charge >= 0.3 is 0 Å². The third-order valence-corrected chi connectivity index (χ3v) is 2.52. The Morgan fingerprint density at radius 1 is 1.38 bits per heavy atom. The second kappa shape index (κ2) is 4.35. The lowest BCUT2D eigenvalue weighted by Crippen LogP contribution is -2.01. The molecule has 0 amide bonds. The lowest BCUT2D eigenvalue weighted by molar-refractivity contribution is 0.201. The van der Waals surface area contributed by atoms with Crippen LogP contribution in [0.2, 0.25) is 0 Å². The van der Waals surface area contributed by atoms with Gasteiger partial charge in [-0.25, -0.2) is 8.78 Å². The zero-order valence-electron chi connectivity index (χ0n) is 6.40. The molecule has 1 N–H and O–H groups in total. The number of aliphatic hydroxyl groups is 1. The number of hydrogen-bond acceptors (Lipinski definition) is 1. The van der Waals surface area contributed by atoms with Gasteiger partial charge in [0, 0.05) is 4.47 Å². The molecule has 13 heavy (non-hydrogen) atoms. The van der Waals surface area contributed by atoms with Gasteiger partial charge in [0.05, 0.1) is 12.0 Å². The van der Waals surface area contributed by atoms with E-state index >= 15 is 0 Å². The van der Waals surface area contributed by atoms with Crippen LogP contribution in [-0.4, -0.2) is 11.0 Å². The van der Waals surface area contributed by atoms with E-state index in [-0.39, 0.29) is 11.4 Å². The van der Waals surface area contributed by atoms with E-state index in [2.05, 4.69) is 15.9 Å². The van der Waals surface area contributed by atoms with Crippen LogP contribution < -0.4 is 0 Å². The van der Waals surface area contributed by atoms with Crippen LogP contribution in [0.5, 0.6) is 0 Å².